The standard InChI is InChI=1S/C10H16N2O3S.C2H2O5/c13-8(14)4-2-1-3-7-9-6(5-16-7)11-10(15)12-9;3-1(4)7-2(5)6/h6-7,9H,1-5H2,(H,13,14)(H2,11,12,15);(H,3,4)(H,5,6)/t6-,7-,9-;/m0./s1. The van der Waals surface area contributed by atoms with Crippen molar-refractivity contribution in [1.29, 1.82) is 0 Å². The van der Waals surface area contributed by atoms with E-state index in [1.165, 1.54) is 0 Å². The van der Waals surface area contributed by atoms with Crippen LogP contribution >= 0.6 is 11.8 Å². The second-order valence-electron chi connectivity index (χ2n) is 4.90. The molecular weight excluding hydrogens is 332 g/mol. The number of unbranched alkanes of at least 4 members (excludes halogenated alkanes) is 1. The minimum absolute atomic E-state index is 0.0640. The number of carbonyl (C=O) groups is 4. The van der Waals surface area contributed by atoms with Gasteiger partial charge in [0.15, 0.2) is 0 Å². The van der Waals surface area contributed by atoms with E-state index in [-0.39, 0.29) is 24.5 Å². The second-order valence-corrected chi connectivity index (χ2v) is 6.17. The van der Waals surface area contributed by atoms with Crippen LogP contribution in [0, 0.1) is 0 Å². The number of hydrogen-bond donors (Lipinski definition) is 5. The number of rotatable bonds is 5. The average Bonchev–Trinajstić information content (AvgIpc) is 2.93. The van der Waals surface area contributed by atoms with Gasteiger partial charge in [0.1, 0.15) is 0 Å². The topological polar surface area (TPSA) is 162 Å². The Hall–Kier alpha value is -2.17. The van der Waals surface area contributed by atoms with Crippen molar-refractivity contribution in [2.45, 2.75) is 43.0 Å². The molecule has 0 bridgehead atoms. The summed E-state index contributed by atoms with van der Waals surface area (Å²) in [6, 6.07) is 0.440. The van der Waals surface area contributed by atoms with Crippen molar-refractivity contribution >= 4 is 36.1 Å². The molecule has 2 heterocycles. The number of carboxylic acid groups (broad SMARTS) is 3. The summed E-state index contributed by atoms with van der Waals surface area (Å²) in [5.41, 5.74) is 0. The molecule has 0 unspecified atom stereocenters. The van der Waals surface area contributed by atoms with Crippen LogP contribution in [0.25, 0.3) is 0 Å². The molecule has 2 amide bonds. The van der Waals surface area contributed by atoms with Gasteiger partial charge in [-0.05, 0) is 12.8 Å². The number of amides is 2. The molecule has 2 saturated heterocycles. The predicted molar refractivity (Wildman–Crippen MR) is 78.7 cm³/mol. The normalized spacial score (nSPS) is 24.5. The third-order valence-corrected chi connectivity index (χ3v) is 4.75. The van der Waals surface area contributed by atoms with E-state index in [2.05, 4.69) is 15.4 Å². The van der Waals surface area contributed by atoms with Gasteiger partial charge in [-0.25, -0.2) is 14.4 Å². The summed E-state index contributed by atoms with van der Waals surface area (Å²) in [6.07, 6.45) is -0.745. The molecule has 0 aromatic carbocycles. The first-order valence-corrected chi connectivity index (χ1v) is 7.88. The maximum absolute atomic E-state index is 11.1. The summed E-state index contributed by atoms with van der Waals surface area (Å²) in [5, 5.41) is 29.7. The monoisotopic (exact) mass is 350 g/mol. The molecule has 2 aliphatic heterocycles. The minimum Gasteiger partial charge on any atom is -0.481 e. The molecule has 0 spiro atoms. The summed E-state index contributed by atoms with van der Waals surface area (Å²) >= 11 is 1.87. The van der Waals surface area contributed by atoms with Gasteiger partial charge in [-0.3, -0.25) is 4.79 Å². The van der Waals surface area contributed by atoms with Crippen LogP contribution in [0.5, 0.6) is 0 Å². The Morgan fingerprint density at radius 1 is 1.13 bits per heavy atom. The minimum atomic E-state index is -1.81. The fourth-order valence-corrected chi connectivity index (χ4v) is 3.88. The third-order valence-electron chi connectivity index (χ3n) is 3.24. The molecule has 0 aromatic rings. The number of hydrogen-bond acceptors (Lipinski definition) is 6. The van der Waals surface area contributed by atoms with E-state index in [0.717, 1.165) is 25.0 Å². The summed E-state index contributed by atoms with van der Waals surface area (Å²) < 4.78 is 3.08. The molecule has 0 saturated carbocycles. The fourth-order valence-electron chi connectivity index (χ4n) is 2.34. The average molecular weight is 350 g/mol. The van der Waals surface area contributed by atoms with Gasteiger partial charge in [0.25, 0.3) is 0 Å². The highest BCUT2D eigenvalue weighted by atomic mass is 32.2. The lowest BCUT2D eigenvalue weighted by atomic mass is 10.0. The van der Waals surface area contributed by atoms with Crippen LogP contribution in [0.1, 0.15) is 25.7 Å². The van der Waals surface area contributed by atoms with Gasteiger partial charge in [-0.2, -0.15) is 11.8 Å². The van der Waals surface area contributed by atoms with E-state index in [1.807, 2.05) is 11.8 Å². The summed E-state index contributed by atoms with van der Waals surface area (Å²) in [4.78, 5) is 39.9. The van der Waals surface area contributed by atoms with Gasteiger partial charge in [0.05, 0.1) is 12.1 Å². The van der Waals surface area contributed by atoms with Crippen LogP contribution in [-0.2, 0) is 9.53 Å². The lowest BCUT2D eigenvalue weighted by molar-refractivity contribution is -0.137. The number of fused-ring (bicyclic) bond motifs is 1. The summed E-state index contributed by atoms with van der Waals surface area (Å²) in [6.45, 7) is 0. The lowest BCUT2D eigenvalue weighted by Crippen LogP contribution is -2.36. The second kappa shape index (κ2) is 9.08. The maximum Gasteiger partial charge on any atom is 0.516 e. The molecule has 23 heavy (non-hydrogen) atoms. The van der Waals surface area contributed by atoms with Gasteiger partial charge in [0.2, 0.25) is 0 Å². The third kappa shape index (κ3) is 7.08. The maximum atomic E-state index is 11.1. The van der Waals surface area contributed by atoms with Gasteiger partial charge in [0, 0.05) is 17.4 Å². The number of ether oxygens (including phenoxy) is 1. The zero-order valence-electron chi connectivity index (χ0n) is 12.1. The van der Waals surface area contributed by atoms with Gasteiger partial charge >= 0.3 is 24.3 Å². The molecule has 0 aliphatic carbocycles. The number of urea groups is 1. The highest BCUT2D eigenvalue weighted by Crippen LogP contribution is 2.33. The van der Waals surface area contributed by atoms with E-state index in [1.54, 1.807) is 0 Å². The Labute approximate surface area is 135 Å². The van der Waals surface area contributed by atoms with Crippen molar-refractivity contribution in [3.05, 3.63) is 0 Å². The fraction of sp³-hybridized carbons (Fsp3) is 0.667. The number of nitrogens with one attached hydrogen (secondary N) is 2. The van der Waals surface area contributed by atoms with Crippen LogP contribution in [0.4, 0.5) is 14.4 Å². The molecule has 2 fully saturated rings. The van der Waals surface area contributed by atoms with Crippen molar-refractivity contribution in [3.8, 4) is 0 Å². The Morgan fingerprint density at radius 3 is 2.30 bits per heavy atom. The molecule has 5 N–H and O–H groups in total. The number of aliphatic carboxylic acids is 1. The molecule has 130 valence electrons. The summed E-state index contributed by atoms with van der Waals surface area (Å²) in [7, 11) is 0. The largest absolute Gasteiger partial charge is 0.516 e. The molecule has 0 aromatic heterocycles. The van der Waals surface area contributed by atoms with Crippen molar-refractivity contribution in [3.63, 3.8) is 0 Å². The van der Waals surface area contributed by atoms with Crippen LogP contribution in [0.15, 0.2) is 0 Å². The molecule has 0 radical (unpaired) electrons. The molecule has 10 nitrogen and oxygen atoms in total. The zero-order valence-corrected chi connectivity index (χ0v) is 12.9. The molecule has 3 atom stereocenters. The van der Waals surface area contributed by atoms with Gasteiger partial charge in [-0.1, -0.05) is 6.42 Å². The van der Waals surface area contributed by atoms with Crippen LogP contribution in [-0.4, -0.2) is 62.7 Å². The van der Waals surface area contributed by atoms with Crippen LogP contribution < -0.4 is 10.6 Å². The smallest absolute Gasteiger partial charge is 0.481 e. The Balaban J connectivity index is 0.000000322. The Bertz CT molecular complexity index is 460. The summed E-state index contributed by atoms with van der Waals surface area (Å²) in [5.74, 6) is 0.236. The Kier molecular flexibility index (Phi) is 7.45. The van der Waals surface area contributed by atoms with E-state index in [4.69, 9.17) is 15.3 Å². The Morgan fingerprint density at radius 2 is 1.78 bits per heavy atom. The van der Waals surface area contributed by atoms with Crippen LogP contribution in [0.3, 0.4) is 0 Å². The highest BCUT2D eigenvalue weighted by Gasteiger charge is 2.42. The number of carboxylic acids is 1. The molecular formula is C12H18N2O8S. The van der Waals surface area contributed by atoms with E-state index in [0.29, 0.717) is 5.25 Å². The molecule has 2 aliphatic rings. The van der Waals surface area contributed by atoms with Crippen molar-refractivity contribution in [2.75, 3.05) is 5.75 Å². The predicted octanol–water partition coefficient (Wildman–Crippen LogP) is 1.16. The lowest BCUT2D eigenvalue weighted by Gasteiger charge is -2.16. The van der Waals surface area contributed by atoms with Crippen molar-refractivity contribution < 1.29 is 39.2 Å². The van der Waals surface area contributed by atoms with Gasteiger partial charge in [-0.15, -0.1) is 0 Å². The highest BCUT2D eigenvalue weighted by molar-refractivity contribution is 8.00. The van der Waals surface area contributed by atoms with E-state index >= 15 is 0 Å². The van der Waals surface area contributed by atoms with Crippen LogP contribution in [0.2, 0.25) is 0 Å². The van der Waals surface area contributed by atoms with Crippen molar-refractivity contribution in [1.82, 2.24) is 10.6 Å². The van der Waals surface area contributed by atoms with Gasteiger partial charge < -0.3 is 30.7 Å². The SMILES string of the molecule is O=C(O)CCCC[C@@H]1SC[C@@H]2NC(=O)N[C@@H]21.O=C(O)OC(=O)O. The number of thioether (sulfide) groups is 1. The molecule has 2 rings (SSSR count). The first-order valence-electron chi connectivity index (χ1n) is 6.83. The molecule has 11 heteroatoms. The first kappa shape index (κ1) is 18.9. The van der Waals surface area contributed by atoms with E-state index < -0.39 is 18.3 Å². The quantitative estimate of drug-likeness (QED) is 0.212. The van der Waals surface area contributed by atoms with E-state index in [9.17, 15) is 19.2 Å². The number of carbonyl (C=O) groups excluding carboxylic acids is 1. The van der Waals surface area contributed by atoms with Crippen molar-refractivity contribution in [2.24, 2.45) is 0 Å². The zero-order chi connectivity index (χ0) is 17.4. The first-order chi connectivity index (χ1) is 10.8.